The number of carbonyl (C=O) groups excluding carboxylic acids is 1. The fourth-order valence-corrected chi connectivity index (χ4v) is 5.51. The Morgan fingerprint density at radius 3 is 2.40 bits per heavy atom. The van der Waals surface area contributed by atoms with Crippen molar-refractivity contribution in [2.24, 2.45) is 5.92 Å². The molecule has 2 aromatic heterocycles. The van der Waals surface area contributed by atoms with Crippen LogP contribution in [0.2, 0.25) is 0 Å². The van der Waals surface area contributed by atoms with Crippen molar-refractivity contribution in [3.63, 3.8) is 0 Å². The van der Waals surface area contributed by atoms with Crippen molar-refractivity contribution in [1.82, 2.24) is 10.1 Å². The molecule has 1 unspecified atom stereocenters. The molecule has 0 aliphatic heterocycles. The Morgan fingerprint density at radius 1 is 1.14 bits per heavy atom. The van der Waals surface area contributed by atoms with Crippen LogP contribution in [0.4, 0.5) is 19.0 Å². The molecule has 43 heavy (non-hydrogen) atoms. The van der Waals surface area contributed by atoms with Gasteiger partial charge in [0, 0.05) is 30.9 Å². The van der Waals surface area contributed by atoms with E-state index in [4.69, 9.17) is 23.9 Å². The highest BCUT2D eigenvalue weighted by Crippen LogP contribution is 2.36. The number of carboxylic acids is 1. The number of alkyl halides is 3. The Labute approximate surface area is 248 Å². The second-order valence-corrected chi connectivity index (χ2v) is 12.9. The van der Waals surface area contributed by atoms with Crippen molar-refractivity contribution in [2.75, 3.05) is 25.0 Å². The second-order valence-electron chi connectivity index (χ2n) is 11.2. The topological polar surface area (TPSA) is 144 Å². The Hall–Kier alpha value is -3.65. The number of anilines is 1. The molecule has 0 radical (unpaired) electrons. The molecule has 2 heterocycles. The molecular weight excluding hydrogens is 591 g/mol. The van der Waals surface area contributed by atoms with Crippen LogP contribution in [0, 0.1) is 5.92 Å². The van der Waals surface area contributed by atoms with E-state index in [-0.39, 0.29) is 22.0 Å². The minimum absolute atomic E-state index is 0.186. The van der Waals surface area contributed by atoms with E-state index in [9.17, 15) is 21.6 Å². The van der Waals surface area contributed by atoms with Gasteiger partial charge in [0.15, 0.2) is 5.82 Å². The van der Waals surface area contributed by atoms with Gasteiger partial charge in [0.1, 0.15) is 18.3 Å². The molecule has 0 amide bonds. The van der Waals surface area contributed by atoms with Gasteiger partial charge in [0.25, 0.3) is 10.0 Å². The normalized spacial score (nSPS) is 16.0. The number of hydrogen-bond acceptors (Lipinski definition) is 9. The number of carbonyl (C=O) groups is 1. The summed E-state index contributed by atoms with van der Waals surface area (Å²) in [6.07, 6.45) is -0.554. The van der Waals surface area contributed by atoms with Crippen molar-refractivity contribution >= 4 is 21.8 Å². The Kier molecular flexibility index (Phi) is 10.8. The zero-order chi connectivity index (χ0) is 32.0. The predicted molar refractivity (Wildman–Crippen MR) is 149 cm³/mol. The SMILES string of the molecule is COCCOc1ccc([C@@H](C)C2CCc3ccc(S(=O)(=O)Nc4cc(C(C)(C)C)on4)cc3C2)cn1.O=C([O-])C(F)(F)F. The lowest BCUT2D eigenvalue weighted by atomic mass is 9.75. The highest BCUT2D eigenvalue weighted by atomic mass is 32.2. The number of carboxylic acid groups (broad SMARTS) is 1. The lowest BCUT2D eigenvalue weighted by Gasteiger charge is -2.30. The maximum absolute atomic E-state index is 13.1. The van der Waals surface area contributed by atoms with E-state index in [1.165, 1.54) is 5.56 Å². The van der Waals surface area contributed by atoms with E-state index in [0.717, 1.165) is 30.4 Å². The minimum atomic E-state index is -5.19. The van der Waals surface area contributed by atoms with Gasteiger partial charge in [-0.3, -0.25) is 4.72 Å². The van der Waals surface area contributed by atoms with Gasteiger partial charge in [0.2, 0.25) is 5.88 Å². The number of aryl methyl sites for hydroxylation is 1. The molecule has 14 heteroatoms. The summed E-state index contributed by atoms with van der Waals surface area (Å²) >= 11 is 0. The van der Waals surface area contributed by atoms with E-state index in [0.29, 0.717) is 30.8 Å². The summed E-state index contributed by atoms with van der Waals surface area (Å²) in [5, 5.41) is 12.7. The number of rotatable bonds is 9. The largest absolute Gasteiger partial charge is 0.542 e. The first-order valence-electron chi connectivity index (χ1n) is 13.5. The number of benzene rings is 1. The van der Waals surface area contributed by atoms with Crippen molar-refractivity contribution in [2.45, 2.75) is 69.4 Å². The molecule has 1 N–H and O–H groups in total. The van der Waals surface area contributed by atoms with Gasteiger partial charge in [-0.1, -0.05) is 45.0 Å². The van der Waals surface area contributed by atoms with E-state index in [1.54, 1.807) is 25.3 Å². The average Bonchev–Trinajstić information content (AvgIpc) is 3.41. The monoisotopic (exact) mass is 626 g/mol. The smallest absolute Gasteiger partial charge is 0.430 e. The summed E-state index contributed by atoms with van der Waals surface area (Å²) < 4.78 is 76.2. The number of nitrogens with one attached hydrogen (secondary N) is 1. The molecule has 10 nitrogen and oxygen atoms in total. The number of pyridine rings is 1. The minimum Gasteiger partial charge on any atom is -0.542 e. The van der Waals surface area contributed by atoms with Crippen LogP contribution in [0.1, 0.15) is 62.5 Å². The molecule has 1 aromatic carbocycles. The molecule has 3 aromatic rings. The number of methoxy groups -OCH3 is 1. The Bertz CT molecular complexity index is 1480. The van der Waals surface area contributed by atoms with E-state index < -0.39 is 22.2 Å². The van der Waals surface area contributed by atoms with Crippen LogP contribution in [0.3, 0.4) is 0 Å². The first-order valence-corrected chi connectivity index (χ1v) is 15.0. The van der Waals surface area contributed by atoms with Crippen LogP contribution in [0.15, 0.2) is 52.0 Å². The first-order chi connectivity index (χ1) is 20.0. The quantitative estimate of drug-likeness (QED) is 0.342. The molecular formula is C29H35F3N3O7S-. The van der Waals surface area contributed by atoms with Crippen molar-refractivity contribution in [3.8, 4) is 5.88 Å². The number of sulfonamides is 1. The lowest BCUT2D eigenvalue weighted by molar-refractivity contribution is -0.344. The zero-order valence-corrected chi connectivity index (χ0v) is 25.3. The van der Waals surface area contributed by atoms with Gasteiger partial charge in [0.05, 0.1) is 11.5 Å². The second kappa shape index (κ2) is 13.8. The fraction of sp³-hybridized carbons (Fsp3) is 0.483. The van der Waals surface area contributed by atoms with Crippen LogP contribution >= 0.6 is 0 Å². The van der Waals surface area contributed by atoms with Crippen LogP contribution < -0.4 is 14.6 Å². The van der Waals surface area contributed by atoms with Crippen molar-refractivity contribution in [1.29, 1.82) is 0 Å². The summed E-state index contributed by atoms with van der Waals surface area (Å²) in [5.74, 6) is -0.954. The molecule has 0 saturated heterocycles. The molecule has 1 aliphatic rings. The zero-order valence-electron chi connectivity index (χ0n) is 24.5. The standard InChI is InChI=1S/C27H35N3O5S.C2HF3O2/c1-18(21-9-11-26(28-17-21)34-13-12-33-5)20-7-6-19-8-10-23(15-22(19)14-20)36(31,32)30-25-16-24(35-29-25)27(2,3)4;3-2(4,5)1(6)7/h8-11,15-18,20H,6-7,12-14H2,1-5H3,(H,29,30);(H,6,7)/p-1/t18-,20?;/m0./s1. The van der Waals surface area contributed by atoms with Gasteiger partial charge >= 0.3 is 6.18 Å². The lowest BCUT2D eigenvalue weighted by Crippen LogP contribution is -2.37. The molecule has 0 bridgehead atoms. The van der Waals surface area contributed by atoms with Crippen LogP contribution in [0.25, 0.3) is 0 Å². The van der Waals surface area contributed by atoms with E-state index in [1.807, 2.05) is 39.1 Å². The maximum Gasteiger partial charge on any atom is 0.430 e. The number of aromatic nitrogens is 2. The number of nitrogens with zero attached hydrogens (tertiary/aromatic N) is 2. The molecule has 0 saturated carbocycles. The molecule has 2 atom stereocenters. The highest BCUT2D eigenvalue weighted by molar-refractivity contribution is 7.92. The average molecular weight is 627 g/mol. The van der Waals surface area contributed by atoms with Gasteiger partial charge < -0.3 is 23.9 Å². The molecule has 0 fully saturated rings. The number of halogens is 3. The fourth-order valence-electron chi connectivity index (χ4n) is 4.48. The first kappa shape index (κ1) is 33.8. The molecule has 236 valence electrons. The molecule has 4 rings (SSSR count). The van der Waals surface area contributed by atoms with Crippen LogP contribution in [0.5, 0.6) is 5.88 Å². The molecule has 0 spiro atoms. The highest BCUT2D eigenvalue weighted by Gasteiger charge is 2.29. The summed E-state index contributed by atoms with van der Waals surface area (Å²) in [7, 11) is -2.15. The van der Waals surface area contributed by atoms with Gasteiger partial charge in [-0.05, 0) is 59.9 Å². The summed E-state index contributed by atoms with van der Waals surface area (Å²) in [6, 6.07) is 11.0. The van der Waals surface area contributed by atoms with Gasteiger partial charge in [-0.15, -0.1) is 0 Å². The van der Waals surface area contributed by atoms with Crippen molar-refractivity contribution in [3.05, 3.63) is 65.0 Å². The maximum atomic E-state index is 13.1. The summed E-state index contributed by atoms with van der Waals surface area (Å²) in [6.45, 7) is 9.13. The number of aliphatic carboxylic acids is 1. The van der Waals surface area contributed by atoms with Gasteiger partial charge in [-0.25, -0.2) is 13.4 Å². The number of fused-ring (bicyclic) bond motifs is 1. The van der Waals surface area contributed by atoms with E-state index in [2.05, 4.69) is 27.9 Å². The number of ether oxygens (including phenoxy) is 2. The third-order valence-corrected chi connectivity index (χ3v) is 8.36. The Balaban J connectivity index is 0.000000646. The summed E-state index contributed by atoms with van der Waals surface area (Å²) in [5.41, 5.74) is 3.16. The van der Waals surface area contributed by atoms with Crippen LogP contribution in [-0.2, 0) is 37.8 Å². The third kappa shape index (κ3) is 9.42. The van der Waals surface area contributed by atoms with Gasteiger partial charge in [-0.2, -0.15) is 13.2 Å². The number of hydrogen-bond donors (Lipinski definition) is 1. The van der Waals surface area contributed by atoms with Crippen molar-refractivity contribution < 1.29 is 45.5 Å². The van der Waals surface area contributed by atoms with Crippen LogP contribution in [-0.4, -0.2) is 51.0 Å². The Morgan fingerprint density at radius 2 is 1.84 bits per heavy atom. The molecule has 1 aliphatic carbocycles. The third-order valence-electron chi connectivity index (χ3n) is 7.00. The summed E-state index contributed by atoms with van der Waals surface area (Å²) in [4.78, 5) is 13.5. The van der Waals surface area contributed by atoms with E-state index >= 15 is 0 Å². The predicted octanol–water partition coefficient (Wildman–Crippen LogP) is 4.40.